The normalized spacial score (nSPS) is 14.6. The van der Waals surface area contributed by atoms with Crippen molar-refractivity contribution in [1.29, 1.82) is 0 Å². The van der Waals surface area contributed by atoms with Crippen molar-refractivity contribution in [2.75, 3.05) is 0 Å². The first kappa shape index (κ1) is 27.4. The van der Waals surface area contributed by atoms with Crippen molar-refractivity contribution in [1.82, 2.24) is 19.4 Å². The molecule has 0 bridgehead atoms. The van der Waals surface area contributed by atoms with E-state index in [1.165, 1.54) is 4.48 Å². The van der Waals surface area contributed by atoms with Crippen LogP contribution in [0.4, 0.5) is 8.63 Å². The van der Waals surface area contributed by atoms with E-state index in [9.17, 15) is 8.63 Å². The van der Waals surface area contributed by atoms with Crippen LogP contribution in [-0.2, 0) is 6.42 Å². The Morgan fingerprint density at radius 1 is 0.825 bits per heavy atom. The first-order chi connectivity index (χ1) is 19.3. The van der Waals surface area contributed by atoms with Gasteiger partial charge in [-0.2, -0.15) is 0 Å². The highest BCUT2D eigenvalue weighted by Gasteiger charge is 2.32. The second kappa shape index (κ2) is 11.1. The minimum absolute atomic E-state index is 0.484. The number of pyridine rings is 3. The molecule has 40 heavy (non-hydrogen) atoms. The Hall–Kier alpha value is -4.20. The van der Waals surface area contributed by atoms with E-state index in [0.29, 0.717) is 51.9 Å². The first-order valence-corrected chi connectivity index (χ1v) is 13.6. The molecule has 0 saturated heterocycles. The maximum Gasteiger partial charge on any atom is 0.677 e. The van der Waals surface area contributed by atoms with Gasteiger partial charge in [-0.1, -0.05) is 26.0 Å². The molecule has 0 spiro atoms. The number of halogens is 2. The van der Waals surface area contributed by atoms with E-state index in [1.54, 1.807) is 19.3 Å². The molecule has 5 nitrogen and oxygen atoms in total. The van der Waals surface area contributed by atoms with Gasteiger partial charge in [0.15, 0.2) is 0 Å². The SMILES string of the molecule is CCC1=C(C)/C(=C(\c2cc(-c3ccccn3)nc(-c3ccccn3)c2)c2c(C)c(CC)c(C)n2B(F)F)N=C1C. The molecular formula is C32H32BF2N5. The summed E-state index contributed by atoms with van der Waals surface area (Å²) in [4.78, 5) is 19.0. The number of hydrogen-bond donors (Lipinski definition) is 0. The largest absolute Gasteiger partial charge is 0.677 e. The Kier molecular flexibility index (Phi) is 7.61. The number of hydrogen-bond acceptors (Lipinski definition) is 4. The molecule has 8 heteroatoms. The lowest BCUT2D eigenvalue weighted by Crippen LogP contribution is -2.18. The molecule has 1 aliphatic heterocycles. The molecule has 1 aliphatic rings. The van der Waals surface area contributed by atoms with E-state index in [4.69, 9.17) is 9.98 Å². The second-order valence-electron chi connectivity index (χ2n) is 9.97. The molecule has 202 valence electrons. The third kappa shape index (κ3) is 4.72. The van der Waals surface area contributed by atoms with E-state index in [1.807, 2.05) is 76.2 Å². The molecule has 4 aromatic rings. The molecular weight excluding hydrogens is 503 g/mol. The van der Waals surface area contributed by atoms with Crippen molar-refractivity contribution in [3.8, 4) is 22.8 Å². The summed E-state index contributed by atoms with van der Waals surface area (Å²) in [5, 5.41) is 0. The smallest absolute Gasteiger partial charge is 0.329 e. The van der Waals surface area contributed by atoms with Gasteiger partial charge in [-0.3, -0.25) is 23.6 Å². The van der Waals surface area contributed by atoms with Crippen LogP contribution in [0.3, 0.4) is 0 Å². The highest BCUT2D eigenvalue weighted by atomic mass is 19.2. The molecule has 0 N–H and O–H groups in total. The van der Waals surface area contributed by atoms with Crippen molar-refractivity contribution < 1.29 is 8.63 Å². The van der Waals surface area contributed by atoms with Crippen molar-refractivity contribution in [3.63, 3.8) is 0 Å². The lowest BCUT2D eigenvalue weighted by molar-refractivity contribution is 0.623. The van der Waals surface area contributed by atoms with Gasteiger partial charge < -0.3 is 4.48 Å². The van der Waals surface area contributed by atoms with E-state index < -0.39 is 7.40 Å². The van der Waals surface area contributed by atoms with Gasteiger partial charge in [0.2, 0.25) is 0 Å². The fourth-order valence-electron chi connectivity index (χ4n) is 5.83. The molecule has 0 unspecified atom stereocenters. The zero-order valence-corrected chi connectivity index (χ0v) is 23.8. The van der Waals surface area contributed by atoms with Crippen LogP contribution in [-0.4, -0.2) is 32.5 Å². The van der Waals surface area contributed by atoms with Crippen LogP contribution in [0.25, 0.3) is 28.3 Å². The maximum atomic E-state index is 14.8. The first-order valence-electron chi connectivity index (χ1n) is 13.6. The maximum absolute atomic E-state index is 14.8. The zero-order valence-electron chi connectivity index (χ0n) is 23.8. The van der Waals surface area contributed by atoms with Gasteiger partial charge in [-0.15, -0.1) is 0 Å². The average Bonchev–Trinajstić information content (AvgIpc) is 3.39. The minimum atomic E-state index is -2.71. The van der Waals surface area contributed by atoms with Gasteiger partial charge in [0.05, 0.1) is 28.5 Å². The fourth-order valence-corrected chi connectivity index (χ4v) is 5.83. The Balaban J connectivity index is 1.93. The van der Waals surface area contributed by atoms with Gasteiger partial charge >= 0.3 is 7.40 Å². The standard InChI is InChI=1S/C32H32BF2N5/c1-7-24-19(3)31(38-21(24)5)30(32-20(4)25(8-2)22(6)40(32)33(34)35)23-17-28(26-13-9-11-15-36-26)39-29(18-23)27-14-10-12-16-37-27/h9-18H,7-8H2,1-6H3/b31-30-. The van der Waals surface area contributed by atoms with Crippen LogP contribution < -0.4 is 0 Å². The molecule has 0 aliphatic carbocycles. The number of rotatable bonds is 7. The van der Waals surface area contributed by atoms with Crippen molar-refractivity contribution >= 4 is 18.7 Å². The van der Waals surface area contributed by atoms with Crippen LogP contribution in [0.2, 0.25) is 0 Å². The van der Waals surface area contributed by atoms with Crippen LogP contribution in [0.15, 0.2) is 82.8 Å². The third-order valence-corrected chi connectivity index (χ3v) is 7.72. The molecule has 4 aromatic heterocycles. The summed E-state index contributed by atoms with van der Waals surface area (Å²) in [6.45, 7) is 11.8. The quantitative estimate of drug-likeness (QED) is 0.226. The Labute approximate surface area is 234 Å². The molecule has 0 aromatic carbocycles. The number of nitrogens with zero attached hydrogens (tertiary/aromatic N) is 5. The lowest BCUT2D eigenvalue weighted by atomic mass is 9.91. The van der Waals surface area contributed by atoms with Gasteiger partial charge in [0, 0.05) is 35.1 Å². The minimum Gasteiger partial charge on any atom is -0.329 e. The third-order valence-electron chi connectivity index (χ3n) is 7.72. The van der Waals surface area contributed by atoms with Crippen LogP contribution in [0.1, 0.15) is 62.2 Å². The van der Waals surface area contributed by atoms with E-state index in [0.717, 1.165) is 40.0 Å². The number of allylic oxidation sites excluding steroid dienone is 2. The summed E-state index contributed by atoms with van der Waals surface area (Å²) in [7, 11) is -2.71. The molecule has 0 fully saturated rings. The monoisotopic (exact) mass is 535 g/mol. The van der Waals surface area contributed by atoms with E-state index >= 15 is 0 Å². The molecule has 0 saturated carbocycles. The topological polar surface area (TPSA) is 56.0 Å². The summed E-state index contributed by atoms with van der Waals surface area (Å²) in [5.74, 6) is 0. The molecule has 0 amide bonds. The molecule has 5 rings (SSSR count). The van der Waals surface area contributed by atoms with Crippen LogP contribution in [0, 0.1) is 13.8 Å². The molecule has 5 heterocycles. The van der Waals surface area contributed by atoms with Crippen molar-refractivity contribution in [2.45, 2.75) is 54.4 Å². The predicted molar refractivity (Wildman–Crippen MR) is 159 cm³/mol. The summed E-state index contributed by atoms with van der Waals surface area (Å²) in [6, 6.07) is 15.2. The summed E-state index contributed by atoms with van der Waals surface area (Å²) in [5.41, 5.74) is 10.6. The Morgan fingerprint density at radius 2 is 1.43 bits per heavy atom. The van der Waals surface area contributed by atoms with E-state index in [-0.39, 0.29) is 0 Å². The van der Waals surface area contributed by atoms with Crippen LogP contribution in [0.5, 0.6) is 0 Å². The highest BCUT2D eigenvalue weighted by molar-refractivity contribution is 6.41. The average molecular weight is 535 g/mol. The summed E-state index contributed by atoms with van der Waals surface area (Å²) >= 11 is 0. The zero-order chi connectivity index (χ0) is 28.6. The number of aliphatic imine (C=N–C) groups is 1. The van der Waals surface area contributed by atoms with E-state index in [2.05, 4.69) is 16.9 Å². The number of aromatic nitrogens is 4. The summed E-state index contributed by atoms with van der Waals surface area (Å²) < 4.78 is 30.9. The predicted octanol–water partition coefficient (Wildman–Crippen LogP) is 7.92. The lowest BCUT2D eigenvalue weighted by Gasteiger charge is -2.18. The second-order valence-corrected chi connectivity index (χ2v) is 9.97. The molecule has 0 atom stereocenters. The van der Waals surface area contributed by atoms with Gasteiger partial charge in [-0.05, 0) is 105 Å². The Morgan fingerprint density at radius 3 is 1.88 bits per heavy atom. The fraction of sp³-hybridized carbons (Fsp3) is 0.250. The molecule has 0 radical (unpaired) electrons. The van der Waals surface area contributed by atoms with Crippen LogP contribution >= 0.6 is 0 Å². The van der Waals surface area contributed by atoms with Gasteiger partial charge in [0.25, 0.3) is 0 Å². The summed E-state index contributed by atoms with van der Waals surface area (Å²) in [6.07, 6.45) is 4.90. The van der Waals surface area contributed by atoms with Crippen molar-refractivity contribution in [3.05, 3.63) is 106 Å². The van der Waals surface area contributed by atoms with Gasteiger partial charge in [0.1, 0.15) is 0 Å². The highest BCUT2D eigenvalue weighted by Crippen LogP contribution is 2.42. The van der Waals surface area contributed by atoms with Gasteiger partial charge in [-0.25, -0.2) is 4.98 Å². The Bertz CT molecular complexity index is 1610. The van der Waals surface area contributed by atoms with Crippen molar-refractivity contribution in [2.24, 2.45) is 4.99 Å².